The predicted molar refractivity (Wildman–Crippen MR) is 50.8 cm³/mol. The molecule has 0 saturated heterocycles. The molecule has 0 fully saturated rings. The van der Waals surface area contributed by atoms with E-state index in [4.69, 9.17) is 10.00 Å². The molecule has 0 atom stereocenters. The minimum atomic E-state index is -0.962. The van der Waals surface area contributed by atoms with E-state index < -0.39 is 12.0 Å². The zero-order chi connectivity index (χ0) is 11.3. The molecule has 15 heavy (non-hydrogen) atoms. The van der Waals surface area contributed by atoms with Crippen LogP contribution in [-0.2, 0) is 4.79 Å². The molecule has 0 aliphatic carbocycles. The van der Waals surface area contributed by atoms with Crippen LogP contribution in [0.3, 0.4) is 0 Å². The molecule has 1 rings (SSSR count). The standard InChI is InChI=1S/C10H8N2O3/c1-12(9(13)7-11)10(14)15-8-5-3-2-4-6-8/h2-6H,1H3. The van der Waals surface area contributed by atoms with Crippen LogP contribution < -0.4 is 4.74 Å². The quantitative estimate of drug-likeness (QED) is 0.644. The molecule has 76 valence electrons. The first-order chi connectivity index (χ1) is 7.15. The second kappa shape index (κ2) is 4.77. The Hall–Kier alpha value is -2.35. The molecule has 5 heteroatoms. The number of imide groups is 1. The summed E-state index contributed by atoms with van der Waals surface area (Å²) in [5.74, 6) is -0.643. The molecule has 0 aliphatic heterocycles. The average Bonchev–Trinajstić information content (AvgIpc) is 2.28. The van der Waals surface area contributed by atoms with Crippen LogP contribution >= 0.6 is 0 Å². The molecular formula is C10H8N2O3. The zero-order valence-corrected chi connectivity index (χ0v) is 8.01. The molecule has 2 amide bonds. The van der Waals surface area contributed by atoms with E-state index >= 15 is 0 Å². The monoisotopic (exact) mass is 204 g/mol. The maximum absolute atomic E-state index is 11.2. The van der Waals surface area contributed by atoms with Crippen LogP contribution in [0.4, 0.5) is 4.79 Å². The van der Waals surface area contributed by atoms with E-state index in [0.717, 1.165) is 0 Å². The largest absolute Gasteiger partial charge is 0.422 e. The lowest BCUT2D eigenvalue weighted by Gasteiger charge is -2.10. The number of para-hydroxylation sites is 1. The molecule has 0 aliphatic rings. The van der Waals surface area contributed by atoms with Gasteiger partial charge in [0.15, 0.2) is 6.07 Å². The Morgan fingerprint density at radius 1 is 1.33 bits per heavy atom. The number of benzene rings is 1. The van der Waals surface area contributed by atoms with Crippen molar-refractivity contribution in [2.45, 2.75) is 0 Å². The highest BCUT2D eigenvalue weighted by Gasteiger charge is 2.17. The van der Waals surface area contributed by atoms with Crippen molar-refractivity contribution < 1.29 is 14.3 Å². The molecule has 1 aromatic rings. The van der Waals surface area contributed by atoms with Crippen molar-refractivity contribution in [3.63, 3.8) is 0 Å². The molecular weight excluding hydrogens is 196 g/mol. The van der Waals surface area contributed by atoms with Gasteiger partial charge in [-0.15, -0.1) is 0 Å². The van der Waals surface area contributed by atoms with Gasteiger partial charge in [0.2, 0.25) is 0 Å². The first kappa shape index (κ1) is 10.7. The molecule has 0 radical (unpaired) electrons. The van der Waals surface area contributed by atoms with Gasteiger partial charge in [0.1, 0.15) is 5.75 Å². The maximum Gasteiger partial charge on any atom is 0.422 e. The van der Waals surface area contributed by atoms with Crippen LogP contribution in [0.25, 0.3) is 0 Å². The van der Waals surface area contributed by atoms with Crippen molar-refractivity contribution in [3.05, 3.63) is 30.3 Å². The lowest BCUT2D eigenvalue weighted by Crippen LogP contribution is -2.34. The van der Waals surface area contributed by atoms with Gasteiger partial charge >= 0.3 is 12.0 Å². The highest BCUT2D eigenvalue weighted by atomic mass is 16.6. The highest BCUT2D eigenvalue weighted by Crippen LogP contribution is 2.09. The molecule has 1 aromatic carbocycles. The van der Waals surface area contributed by atoms with Crippen LogP contribution in [0, 0.1) is 11.3 Å². The van der Waals surface area contributed by atoms with Crippen molar-refractivity contribution in [3.8, 4) is 11.8 Å². The summed E-state index contributed by atoms with van der Waals surface area (Å²) in [4.78, 5) is 22.7. The first-order valence-corrected chi connectivity index (χ1v) is 4.10. The molecule has 0 N–H and O–H groups in total. The fraction of sp³-hybridized carbons (Fsp3) is 0.100. The molecule has 0 spiro atoms. The number of hydrogen-bond donors (Lipinski definition) is 0. The van der Waals surface area contributed by atoms with Gasteiger partial charge in [-0.1, -0.05) is 18.2 Å². The third kappa shape index (κ3) is 2.81. The Kier molecular flexibility index (Phi) is 3.41. The second-order valence-electron chi connectivity index (χ2n) is 2.66. The summed E-state index contributed by atoms with van der Waals surface area (Å²) in [7, 11) is 1.18. The normalized spacial score (nSPS) is 8.80. The van der Waals surface area contributed by atoms with Crippen molar-refractivity contribution in [2.75, 3.05) is 7.05 Å². The number of amides is 2. The van der Waals surface area contributed by atoms with Crippen molar-refractivity contribution in [2.24, 2.45) is 0 Å². The Morgan fingerprint density at radius 3 is 2.47 bits per heavy atom. The van der Waals surface area contributed by atoms with Crippen molar-refractivity contribution in [1.82, 2.24) is 4.90 Å². The van der Waals surface area contributed by atoms with Gasteiger partial charge in [-0.05, 0) is 12.1 Å². The number of nitrogens with zero attached hydrogens (tertiary/aromatic N) is 2. The molecule has 0 unspecified atom stereocenters. The fourth-order valence-corrected chi connectivity index (χ4v) is 0.816. The molecule has 0 heterocycles. The SMILES string of the molecule is CN(C(=O)C#N)C(=O)Oc1ccccc1. The zero-order valence-electron chi connectivity index (χ0n) is 8.01. The minimum absolute atomic E-state index is 0.320. The van der Waals surface area contributed by atoms with Crippen LogP contribution in [0.15, 0.2) is 30.3 Å². The average molecular weight is 204 g/mol. The topological polar surface area (TPSA) is 70.4 Å². The number of carbonyl (C=O) groups excluding carboxylic acids is 2. The van der Waals surface area contributed by atoms with Crippen LogP contribution in [-0.4, -0.2) is 23.9 Å². The van der Waals surface area contributed by atoms with E-state index in [1.165, 1.54) is 13.1 Å². The van der Waals surface area contributed by atoms with Gasteiger partial charge in [-0.3, -0.25) is 4.79 Å². The summed E-state index contributed by atoms with van der Waals surface area (Å²) < 4.78 is 4.81. The smallest absolute Gasteiger partial charge is 0.410 e. The lowest BCUT2D eigenvalue weighted by molar-refractivity contribution is -0.122. The van der Waals surface area contributed by atoms with Crippen LogP contribution in [0.2, 0.25) is 0 Å². The summed E-state index contributed by atoms with van der Waals surface area (Å²) in [6.45, 7) is 0. The third-order valence-corrected chi connectivity index (χ3v) is 1.62. The van der Waals surface area contributed by atoms with E-state index in [9.17, 15) is 9.59 Å². The number of carbonyl (C=O) groups is 2. The summed E-state index contributed by atoms with van der Waals surface area (Å²) in [6.07, 6.45) is -0.882. The van der Waals surface area contributed by atoms with Crippen LogP contribution in [0.5, 0.6) is 5.75 Å². The van der Waals surface area contributed by atoms with Crippen molar-refractivity contribution in [1.29, 1.82) is 5.26 Å². The Labute approximate surface area is 86.5 Å². The maximum atomic E-state index is 11.2. The summed E-state index contributed by atoms with van der Waals surface area (Å²) in [6, 6.07) is 9.61. The van der Waals surface area contributed by atoms with E-state index in [-0.39, 0.29) is 0 Å². The van der Waals surface area contributed by atoms with E-state index in [1.807, 2.05) is 0 Å². The summed E-state index contributed by atoms with van der Waals surface area (Å²) in [5, 5.41) is 8.27. The van der Waals surface area contributed by atoms with E-state index in [1.54, 1.807) is 30.3 Å². The summed E-state index contributed by atoms with van der Waals surface area (Å²) >= 11 is 0. The molecule has 5 nitrogen and oxygen atoms in total. The number of nitriles is 1. The van der Waals surface area contributed by atoms with E-state index in [0.29, 0.717) is 10.6 Å². The Morgan fingerprint density at radius 2 is 1.93 bits per heavy atom. The van der Waals surface area contributed by atoms with Crippen LogP contribution in [0.1, 0.15) is 0 Å². The molecule has 0 bridgehead atoms. The second-order valence-corrected chi connectivity index (χ2v) is 2.66. The van der Waals surface area contributed by atoms with Gasteiger partial charge < -0.3 is 4.74 Å². The Balaban J connectivity index is 2.65. The van der Waals surface area contributed by atoms with Gasteiger partial charge in [-0.2, -0.15) is 5.26 Å². The molecule has 0 saturated carbocycles. The third-order valence-electron chi connectivity index (χ3n) is 1.62. The first-order valence-electron chi connectivity index (χ1n) is 4.10. The van der Waals surface area contributed by atoms with Crippen molar-refractivity contribution >= 4 is 12.0 Å². The predicted octanol–water partition coefficient (Wildman–Crippen LogP) is 1.17. The number of hydrogen-bond acceptors (Lipinski definition) is 4. The van der Waals surface area contributed by atoms with E-state index in [2.05, 4.69) is 0 Å². The fourth-order valence-electron chi connectivity index (χ4n) is 0.816. The van der Waals surface area contributed by atoms with Gasteiger partial charge in [-0.25, -0.2) is 9.69 Å². The lowest BCUT2D eigenvalue weighted by atomic mass is 10.3. The van der Waals surface area contributed by atoms with Gasteiger partial charge in [0, 0.05) is 7.05 Å². The molecule has 0 aromatic heterocycles. The van der Waals surface area contributed by atoms with Gasteiger partial charge in [0.05, 0.1) is 0 Å². The van der Waals surface area contributed by atoms with Gasteiger partial charge in [0.25, 0.3) is 0 Å². The number of ether oxygens (including phenoxy) is 1. The summed E-state index contributed by atoms with van der Waals surface area (Å²) in [5.41, 5.74) is 0. The number of rotatable bonds is 1. The minimum Gasteiger partial charge on any atom is -0.410 e. The Bertz CT molecular complexity index is 408. The highest BCUT2D eigenvalue weighted by molar-refractivity contribution is 6.01.